The number of fused-ring (bicyclic) bond motifs is 8. The van der Waals surface area contributed by atoms with Gasteiger partial charge < -0.3 is 9.13 Å². The van der Waals surface area contributed by atoms with Gasteiger partial charge in [-0.1, -0.05) is 121 Å². The fourth-order valence-electron chi connectivity index (χ4n) is 11.5. The lowest BCUT2D eigenvalue weighted by Crippen LogP contribution is -2.04. The maximum Gasteiger partial charge on any atom is 0.416 e. The van der Waals surface area contributed by atoms with Crippen LogP contribution in [0.25, 0.3) is 121 Å². The minimum absolute atomic E-state index is 0.0477. The molecule has 13 rings (SSSR count). The number of hydrogen-bond acceptors (Lipinski definition) is 0. The summed E-state index contributed by atoms with van der Waals surface area (Å²) < 4.78 is 176. The Balaban J connectivity index is 1.19. The molecule has 0 aliphatic carbocycles. The van der Waals surface area contributed by atoms with E-state index >= 15 is 0 Å². The molecule has 14 heteroatoms. The van der Waals surface area contributed by atoms with Gasteiger partial charge in [-0.3, -0.25) is 0 Å². The first-order valence-electron chi connectivity index (χ1n) is 25.0. The van der Waals surface area contributed by atoms with Gasteiger partial charge in [0.05, 0.1) is 44.3 Å². The zero-order valence-corrected chi connectivity index (χ0v) is 41.2. The summed E-state index contributed by atoms with van der Waals surface area (Å²) in [4.78, 5) is 0. The fraction of sp³-hybridized carbons (Fsp3) is 0.0606. The summed E-state index contributed by atoms with van der Waals surface area (Å²) in [6, 6.07) is 57.6. The molecule has 11 aromatic carbocycles. The van der Waals surface area contributed by atoms with Crippen LogP contribution in [0.15, 0.2) is 218 Å². The van der Waals surface area contributed by atoms with E-state index < -0.39 is 47.0 Å². The van der Waals surface area contributed by atoms with Crippen molar-refractivity contribution >= 4 is 65.2 Å². The van der Waals surface area contributed by atoms with E-state index in [4.69, 9.17) is 0 Å². The molecule has 0 aliphatic rings. The van der Waals surface area contributed by atoms with Crippen LogP contribution in [0.2, 0.25) is 0 Å². The molecule has 0 saturated heterocycles. The van der Waals surface area contributed by atoms with Gasteiger partial charge >= 0.3 is 24.7 Å². The fourth-order valence-corrected chi connectivity index (χ4v) is 11.5. The van der Waals surface area contributed by atoms with Crippen molar-refractivity contribution in [2.45, 2.75) is 24.7 Å². The van der Waals surface area contributed by atoms with E-state index in [0.717, 1.165) is 81.9 Å². The monoisotopic (exact) mass is 1080 g/mol. The third-order valence-corrected chi connectivity index (χ3v) is 15.0. The molecule has 0 unspecified atom stereocenters. The van der Waals surface area contributed by atoms with Gasteiger partial charge in [-0.05, 0) is 163 Å². The highest BCUT2D eigenvalue weighted by atomic mass is 19.4. The molecule has 0 spiro atoms. The largest absolute Gasteiger partial charge is 0.416 e. The Morgan fingerprint density at radius 1 is 0.225 bits per heavy atom. The summed E-state index contributed by atoms with van der Waals surface area (Å²) in [6.07, 6.45) is -19.2. The van der Waals surface area contributed by atoms with Gasteiger partial charge in [-0.25, -0.2) is 0 Å². The van der Waals surface area contributed by atoms with Gasteiger partial charge in [-0.15, -0.1) is 0 Å². The predicted molar refractivity (Wildman–Crippen MR) is 292 cm³/mol. The van der Waals surface area contributed by atoms with Gasteiger partial charge in [0, 0.05) is 32.9 Å². The van der Waals surface area contributed by atoms with Gasteiger partial charge in [0.2, 0.25) is 0 Å². The molecular weight excluding hydrogens is 1050 g/mol. The topological polar surface area (TPSA) is 9.86 Å². The van der Waals surface area contributed by atoms with E-state index in [-0.39, 0.29) is 43.6 Å². The highest BCUT2D eigenvalue weighted by molar-refractivity contribution is 6.24. The average Bonchev–Trinajstić information content (AvgIpc) is 4.13. The molecule has 2 nitrogen and oxygen atoms in total. The number of hydrogen-bond donors (Lipinski definition) is 0. The van der Waals surface area contributed by atoms with Crippen LogP contribution in [-0.4, -0.2) is 9.13 Å². The third-order valence-electron chi connectivity index (χ3n) is 15.0. The quantitative estimate of drug-likeness (QED) is 0.116. The molecule has 13 aromatic rings. The van der Waals surface area contributed by atoms with E-state index in [2.05, 4.69) is 0 Å². The predicted octanol–water partition coefficient (Wildman–Crippen LogP) is 20.9. The molecule has 394 valence electrons. The Bertz CT molecular complexity index is 4200. The Morgan fingerprint density at radius 2 is 0.500 bits per heavy atom. The number of halogens is 12. The molecule has 80 heavy (non-hydrogen) atoms. The first-order valence-corrected chi connectivity index (χ1v) is 25.0. The molecule has 0 N–H and O–H groups in total. The van der Waals surface area contributed by atoms with E-state index in [1.165, 1.54) is 24.3 Å². The highest BCUT2D eigenvalue weighted by Gasteiger charge is 2.36. The van der Waals surface area contributed by atoms with Crippen molar-refractivity contribution in [2.75, 3.05) is 0 Å². The number of aromatic nitrogens is 2. The SMILES string of the molecule is FC(F)(F)c1ccc2c(c1)c1cc(C(F)(F)F)ccc1n2-c1ccc2c(-c3ccccc3-c3ccccc3)c3cc(-n4c5ccc(C(F)(F)F)cc5c5cc(C(F)(F)F)ccc54)ccc3c(-c3ccccc3-c3ccccc3)c2c1. The molecule has 0 bridgehead atoms. The van der Waals surface area contributed by atoms with Crippen LogP contribution in [0.1, 0.15) is 22.3 Å². The van der Waals surface area contributed by atoms with Crippen molar-refractivity contribution in [1.82, 2.24) is 9.13 Å². The summed E-state index contributed by atoms with van der Waals surface area (Å²) in [6.45, 7) is 0. The van der Waals surface area contributed by atoms with Crippen LogP contribution in [0.4, 0.5) is 52.7 Å². The van der Waals surface area contributed by atoms with Gasteiger partial charge in [0.25, 0.3) is 0 Å². The minimum atomic E-state index is -4.81. The second-order valence-corrected chi connectivity index (χ2v) is 19.6. The maximum atomic E-state index is 14.4. The minimum Gasteiger partial charge on any atom is -0.309 e. The number of benzene rings is 11. The molecule has 0 atom stereocenters. The molecule has 0 radical (unpaired) electrons. The summed E-state index contributed by atoms with van der Waals surface area (Å²) in [5.41, 5.74) is 3.69. The highest BCUT2D eigenvalue weighted by Crippen LogP contribution is 2.51. The maximum absolute atomic E-state index is 14.4. The number of nitrogens with zero attached hydrogens (tertiary/aromatic N) is 2. The molecule has 0 fully saturated rings. The summed E-state index contributed by atoms with van der Waals surface area (Å²) in [5, 5.41) is 2.39. The second kappa shape index (κ2) is 18.1. The normalized spacial score (nSPS) is 12.8. The molecular formula is C66H36F12N2. The first-order chi connectivity index (χ1) is 38.2. The zero-order chi connectivity index (χ0) is 55.6. The lowest BCUT2D eigenvalue weighted by molar-refractivity contribution is -0.138. The third kappa shape index (κ3) is 8.31. The Hall–Kier alpha value is -9.30. The standard InChI is InChI=1S/C66H36F12N2/c67-63(68,69)39-19-27-57-51(31-39)52-32-40(64(70,71)72)20-28-58(52)79(57)43-24-26-50-55(35-43)61(47-17-9-7-15-45(47)37-11-3-1-4-12-37)49-25-23-44(36-56(49)62(50)48-18-10-8-16-46(48)38-13-5-2-6-14-38)80-59-29-21-41(65(73,74)75)33-53(59)54-34-42(66(76,77)78)22-30-60(54)80/h1-36H. The van der Waals surface area contributed by atoms with Gasteiger partial charge in [0.15, 0.2) is 0 Å². The molecule has 2 heterocycles. The smallest absolute Gasteiger partial charge is 0.309 e. The van der Waals surface area contributed by atoms with Crippen LogP contribution >= 0.6 is 0 Å². The van der Waals surface area contributed by atoms with Crippen LogP contribution in [-0.2, 0) is 24.7 Å². The van der Waals surface area contributed by atoms with Crippen LogP contribution in [0.5, 0.6) is 0 Å². The van der Waals surface area contributed by atoms with Crippen molar-refractivity contribution in [3.8, 4) is 55.9 Å². The summed E-state index contributed by atoms with van der Waals surface area (Å²) >= 11 is 0. The van der Waals surface area contributed by atoms with Crippen molar-refractivity contribution in [3.05, 3.63) is 241 Å². The van der Waals surface area contributed by atoms with Crippen LogP contribution < -0.4 is 0 Å². The van der Waals surface area contributed by atoms with Gasteiger partial charge in [-0.2, -0.15) is 52.7 Å². The van der Waals surface area contributed by atoms with Crippen molar-refractivity contribution in [3.63, 3.8) is 0 Å². The molecule has 0 saturated carbocycles. The first kappa shape index (κ1) is 50.2. The number of rotatable bonds is 6. The van der Waals surface area contributed by atoms with E-state index in [1.54, 1.807) is 21.3 Å². The summed E-state index contributed by atoms with van der Waals surface area (Å²) in [5.74, 6) is 0. The Kier molecular flexibility index (Phi) is 11.4. The van der Waals surface area contributed by atoms with Crippen LogP contribution in [0.3, 0.4) is 0 Å². The average molecular weight is 1090 g/mol. The molecule has 2 aromatic heterocycles. The van der Waals surface area contributed by atoms with Gasteiger partial charge in [0.1, 0.15) is 0 Å². The lowest BCUT2D eigenvalue weighted by atomic mass is 9.82. The number of alkyl halides is 12. The van der Waals surface area contributed by atoms with E-state index in [9.17, 15) is 52.7 Å². The zero-order valence-electron chi connectivity index (χ0n) is 41.2. The second-order valence-electron chi connectivity index (χ2n) is 19.6. The molecule has 0 amide bonds. The van der Waals surface area contributed by atoms with Crippen molar-refractivity contribution in [2.24, 2.45) is 0 Å². The van der Waals surface area contributed by atoms with Crippen LogP contribution in [0, 0.1) is 0 Å². The van der Waals surface area contributed by atoms with E-state index in [0.29, 0.717) is 44.0 Å². The van der Waals surface area contributed by atoms with Crippen molar-refractivity contribution < 1.29 is 52.7 Å². The Labute approximate surface area is 446 Å². The molecule has 0 aliphatic heterocycles. The lowest BCUT2D eigenvalue weighted by Gasteiger charge is -2.23. The van der Waals surface area contributed by atoms with Crippen molar-refractivity contribution in [1.29, 1.82) is 0 Å². The summed E-state index contributed by atoms with van der Waals surface area (Å²) in [7, 11) is 0. The Morgan fingerprint density at radius 3 is 0.787 bits per heavy atom. The van der Waals surface area contributed by atoms with E-state index in [1.807, 2.05) is 133 Å².